The van der Waals surface area contributed by atoms with Crippen LogP contribution in [0.25, 0.3) is 0 Å². The van der Waals surface area contributed by atoms with Gasteiger partial charge in [0, 0.05) is 39.8 Å². The summed E-state index contributed by atoms with van der Waals surface area (Å²) >= 11 is 0. The molecular formula is C26H33N3O10. The minimum Gasteiger partial charge on any atom is -0.463 e. The summed E-state index contributed by atoms with van der Waals surface area (Å²) in [5.41, 5.74) is 2.16. The van der Waals surface area contributed by atoms with Crippen LogP contribution in [0.4, 0.5) is 5.69 Å². The van der Waals surface area contributed by atoms with E-state index < -0.39 is 54.5 Å². The monoisotopic (exact) mass is 547 g/mol. The van der Waals surface area contributed by atoms with Crippen molar-refractivity contribution in [1.82, 2.24) is 5.32 Å². The number of fused-ring (bicyclic) bond motifs is 1. The lowest BCUT2D eigenvalue weighted by molar-refractivity contribution is -0.278. The van der Waals surface area contributed by atoms with Crippen LogP contribution in [-0.4, -0.2) is 79.2 Å². The molecule has 1 saturated heterocycles. The summed E-state index contributed by atoms with van der Waals surface area (Å²) in [6.07, 6.45) is -4.46. The van der Waals surface area contributed by atoms with Gasteiger partial charge in [0.1, 0.15) is 18.8 Å². The maximum atomic E-state index is 13.2. The van der Waals surface area contributed by atoms with E-state index in [0.29, 0.717) is 24.2 Å². The van der Waals surface area contributed by atoms with Crippen molar-refractivity contribution >= 4 is 41.1 Å². The van der Waals surface area contributed by atoms with Gasteiger partial charge in [-0.3, -0.25) is 24.0 Å². The number of anilines is 1. The molecule has 212 valence electrons. The molecule has 1 aromatic carbocycles. The quantitative estimate of drug-likeness (QED) is 0.270. The zero-order valence-electron chi connectivity index (χ0n) is 22.7. The third kappa shape index (κ3) is 7.11. The van der Waals surface area contributed by atoms with Gasteiger partial charge in [-0.2, -0.15) is 0 Å². The highest BCUT2D eigenvalue weighted by Gasteiger charge is 2.52. The van der Waals surface area contributed by atoms with Gasteiger partial charge in [0.05, 0.1) is 5.69 Å². The molecule has 3 rings (SSSR count). The normalized spacial score (nSPS) is 25.1. The number of amides is 2. The van der Waals surface area contributed by atoms with Crippen molar-refractivity contribution in [1.29, 1.82) is 0 Å². The number of hydrogen-bond donors (Lipinski definition) is 1. The number of nitrogens with one attached hydrogen (secondary N) is 1. The number of ether oxygens (including phenoxy) is 4. The second-order valence-electron chi connectivity index (χ2n) is 9.24. The second-order valence-corrected chi connectivity index (χ2v) is 9.24. The standard InChI is InChI=1S/C26H33N3O10/c1-7-10-29-19-9-8-13(2)11-18(19)21(25(29)34)28-39-26-22(27-14(3)30)24(37-17(6)33)23(36-16(5)32)20(38-26)12-35-15(4)31/h8-9,11,20,22-24,26H,7,10,12H2,1-6H3,(H,27,30)/b28-21-/t20-,22+,23+,24-,26-/m0/s1. The Morgan fingerprint density at radius 2 is 1.69 bits per heavy atom. The summed E-state index contributed by atoms with van der Waals surface area (Å²) in [6, 6.07) is 4.30. The van der Waals surface area contributed by atoms with Crippen LogP contribution < -0.4 is 10.2 Å². The van der Waals surface area contributed by atoms with Crippen LogP contribution >= 0.6 is 0 Å². The minimum absolute atomic E-state index is 0.0232. The zero-order chi connectivity index (χ0) is 28.9. The number of carbonyl (C=O) groups is 5. The SMILES string of the molecule is CCCN1C(=O)/C(=N\O[C@@H]2O[C@@H](COC(C)=O)[C@@H](OC(C)=O)[C@@H](OC(C)=O)[C@H]2NC(C)=O)c2cc(C)ccc21. The molecule has 13 heteroatoms. The molecule has 1 N–H and O–H groups in total. The maximum Gasteiger partial charge on any atom is 0.303 e. The molecule has 2 heterocycles. The Kier molecular flexibility index (Phi) is 9.62. The summed E-state index contributed by atoms with van der Waals surface area (Å²) in [6.45, 7) is 8.58. The Balaban J connectivity index is 2.02. The summed E-state index contributed by atoms with van der Waals surface area (Å²) in [5.74, 6) is -3.01. The van der Waals surface area contributed by atoms with Gasteiger partial charge in [-0.25, -0.2) is 0 Å². The number of benzene rings is 1. The molecule has 39 heavy (non-hydrogen) atoms. The molecule has 0 spiro atoms. The van der Waals surface area contributed by atoms with E-state index in [0.717, 1.165) is 19.4 Å². The Labute approximate surface area is 225 Å². The van der Waals surface area contributed by atoms with Crippen molar-refractivity contribution < 1.29 is 47.8 Å². The first-order valence-corrected chi connectivity index (χ1v) is 12.5. The van der Waals surface area contributed by atoms with Crippen molar-refractivity contribution in [3.8, 4) is 0 Å². The number of rotatable bonds is 9. The average molecular weight is 548 g/mol. The Morgan fingerprint density at radius 3 is 2.28 bits per heavy atom. The minimum atomic E-state index is -1.43. The highest BCUT2D eigenvalue weighted by molar-refractivity contribution is 6.54. The van der Waals surface area contributed by atoms with Gasteiger partial charge < -0.3 is 34.0 Å². The number of hydrogen-bond acceptors (Lipinski definition) is 11. The van der Waals surface area contributed by atoms with Crippen molar-refractivity contribution in [2.45, 2.75) is 78.6 Å². The first-order chi connectivity index (χ1) is 18.4. The van der Waals surface area contributed by atoms with E-state index in [1.807, 2.05) is 26.0 Å². The fourth-order valence-electron chi connectivity index (χ4n) is 4.45. The lowest BCUT2D eigenvalue weighted by Gasteiger charge is -2.43. The van der Waals surface area contributed by atoms with E-state index in [9.17, 15) is 24.0 Å². The largest absolute Gasteiger partial charge is 0.463 e. The Hall–Kier alpha value is -4.00. The highest BCUT2D eigenvalue weighted by Crippen LogP contribution is 2.32. The van der Waals surface area contributed by atoms with Gasteiger partial charge in [0.15, 0.2) is 17.9 Å². The van der Waals surface area contributed by atoms with E-state index >= 15 is 0 Å². The molecule has 0 radical (unpaired) electrons. The summed E-state index contributed by atoms with van der Waals surface area (Å²) in [5, 5.41) is 6.71. The topological polar surface area (TPSA) is 159 Å². The van der Waals surface area contributed by atoms with Gasteiger partial charge in [-0.05, 0) is 25.5 Å². The fraction of sp³-hybridized carbons (Fsp3) is 0.538. The molecule has 13 nitrogen and oxygen atoms in total. The first kappa shape index (κ1) is 29.6. The summed E-state index contributed by atoms with van der Waals surface area (Å²) in [7, 11) is 0. The van der Waals surface area contributed by atoms with Gasteiger partial charge in [-0.15, -0.1) is 0 Å². The lowest BCUT2D eigenvalue weighted by atomic mass is 9.96. The number of carbonyl (C=O) groups excluding carboxylic acids is 5. The van der Waals surface area contributed by atoms with Gasteiger partial charge in [0.25, 0.3) is 12.2 Å². The number of oxime groups is 1. The third-order valence-corrected chi connectivity index (χ3v) is 5.91. The van der Waals surface area contributed by atoms with E-state index in [2.05, 4.69) is 10.5 Å². The average Bonchev–Trinajstić information content (AvgIpc) is 3.09. The van der Waals surface area contributed by atoms with Crippen LogP contribution in [-0.2, 0) is 47.8 Å². The number of esters is 3. The molecular weight excluding hydrogens is 514 g/mol. The first-order valence-electron chi connectivity index (χ1n) is 12.5. The molecule has 0 unspecified atom stereocenters. The van der Waals surface area contributed by atoms with Crippen molar-refractivity contribution in [3.05, 3.63) is 29.3 Å². The Bertz CT molecular complexity index is 1170. The Morgan fingerprint density at radius 1 is 1.03 bits per heavy atom. The number of aryl methyl sites for hydroxylation is 1. The second kappa shape index (κ2) is 12.7. The molecule has 1 aromatic rings. The van der Waals surface area contributed by atoms with Crippen LogP contribution in [0.15, 0.2) is 23.4 Å². The van der Waals surface area contributed by atoms with Crippen LogP contribution in [0.3, 0.4) is 0 Å². The predicted molar refractivity (Wildman–Crippen MR) is 135 cm³/mol. The summed E-state index contributed by atoms with van der Waals surface area (Å²) < 4.78 is 21.8. The van der Waals surface area contributed by atoms with Crippen molar-refractivity contribution in [2.75, 3.05) is 18.1 Å². The molecule has 0 aromatic heterocycles. The summed E-state index contributed by atoms with van der Waals surface area (Å²) in [4.78, 5) is 68.1. The highest BCUT2D eigenvalue weighted by atomic mass is 16.8. The molecule has 2 amide bonds. The predicted octanol–water partition coefficient (Wildman–Crippen LogP) is 1.13. The molecule has 1 fully saturated rings. The van der Waals surface area contributed by atoms with Crippen LogP contribution in [0.1, 0.15) is 52.2 Å². The van der Waals surface area contributed by atoms with Gasteiger partial charge >= 0.3 is 17.9 Å². The third-order valence-electron chi connectivity index (χ3n) is 5.91. The van der Waals surface area contributed by atoms with Crippen LogP contribution in [0, 0.1) is 6.92 Å². The molecule has 5 atom stereocenters. The smallest absolute Gasteiger partial charge is 0.303 e. The van der Waals surface area contributed by atoms with Crippen LogP contribution in [0.5, 0.6) is 0 Å². The molecule has 0 aliphatic carbocycles. The van der Waals surface area contributed by atoms with E-state index in [1.165, 1.54) is 13.8 Å². The van der Waals surface area contributed by atoms with Crippen molar-refractivity contribution in [3.63, 3.8) is 0 Å². The molecule has 0 saturated carbocycles. The molecule has 0 bridgehead atoms. The van der Waals surface area contributed by atoms with Gasteiger partial charge in [0.2, 0.25) is 5.91 Å². The molecule has 2 aliphatic rings. The van der Waals surface area contributed by atoms with E-state index in [-0.39, 0.29) is 18.2 Å². The lowest BCUT2D eigenvalue weighted by Crippen LogP contribution is -2.66. The van der Waals surface area contributed by atoms with Gasteiger partial charge in [-0.1, -0.05) is 23.7 Å². The maximum absolute atomic E-state index is 13.2. The van der Waals surface area contributed by atoms with E-state index in [4.69, 9.17) is 23.8 Å². The van der Waals surface area contributed by atoms with Crippen LogP contribution in [0.2, 0.25) is 0 Å². The van der Waals surface area contributed by atoms with Crippen molar-refractivity contribution in [2.24, 2.45) is 5.16 Å². The zero-order valence-corrected chi connectivity index (χ0v) is 22.7. The number of nitrogens with zero attached hydrogens (tertiary/aromatic N) is 2. The fourth-order valence-corrected chi connectivity index (χ4v) is 4.45. The van der Waals surface area contributed by atoms with E-state index in [1.54, 1.807) is 11.0 Å². The molecule has 2 aliphatic heterocycles.